The van der Waals surface area contributed by atoms with Crippen LogP contribution in [0.1, 0.15) is 23.2 Å². The van der Waals surface area contributed by atoms with Crippen LogP contribution in [-0.4, -0.2) is 56.1 Å². The molecule has 1 fully saturated rings. The maximum absolute atomic E-state index is 11.8. The van der Waals surface area contributed by atoms with Crippen molar-refractivity contribution in [1.82, 2.24) is 9.88 Å². The van der Waals surface area contributed by atoms with E-state index in [1.165, 1.54) is 12.0 Å². The highest BCUT2D eigenvalue weighted by Gasteiger charge is 2.26. The number of amides is 1. The molecule has 6 heteroatoms. The van der Waals surface area contributed by atoms with Crippen LogP contribution < -0.4 is 4.90 Å². The van der Waals surface area contributed by atoms with Crippen molar-refractivity contribution in [2.45, 2.75) is 12.8 Å². The van der Waals surface area contributed by atoms with Crippen LogP contribution in [0.3, 0.4) is 0 Å². The molecule has 2 heterocycles. The molecule has 1 saturated heterocycles. The number of pyridine rings is 1. The molecule has 0 aliphatic carbocycles. The number of ether oxygens (including phenoxy) is 1. The van der Waals surface area contributed by atoms with Gasteiger partial charge in [-0.25, -0.2) is 4.98 Å². The molecular weight excluding hydrogens is 270 g/mol. The number of hydrogen-bond acceptors (Lipinski definition) is 5. The number of methoxy groups -OCH3 is 1. The lowest BCUT2D eigenvalue weighted by molar-refractivity contribution is -0.146. The molecule has 1 aliphatic rings. The first kappa shape index (κ1) is 15.3. The Morgan fingerprint density at radius 3 is 2.43 bits per heavy atom. The Kier molecular flexibility index (Phi) is 4.77. The highest BCUT2D eigenvalue weighted by atomic mass is 16.5. The largest absolute Gasteiger partial charge is 0.469 e. The number of anilines is 1. The standard InChI is InChI=1S/C15H21N3O3/c1-17(2)14(19)12-4-5-13(16-10-12)18-8-6-11(7-9-18)15(20)21-3/h4-5,10-11H,6-9H2,1-3H3. The van der Waals surface area contributed by atoms with Crippen molar-refractivity contribution in [1.29, 1.82) is 0 Å². The van der Waals surface area contributed by atoms with E-state index in [2.05, 4.69) is 9.88 Å². The average molecular weight is 291 g/mol. The van der Waals surface area contributed by atoms with Crippen molar-refractivity contribution in [2.75, 3.05) is 39.2 Å². The molecule has 0 atom stereocenters. The van der Waals surface area contributed by atoms with E-state index in [4.69, 9.17) is 4.74 Å². The van der Waals surface area contributed by atoms with Crippen LogP contribution in [0.25, 0.3) is 0 Å². The Balaban J connectivity index is 1.98. The SMILES string of the molecule is COC(=O)C1CCN(c2ccc(C(=O)N(C)C)cn2)CC1. The van der Waals surface area contributed by atoms with Crippen molar-refractivity contribution >= 4 is 17.7 Å². The Labute approximate surface area is 124 Å². The third kappa shape index (κ3) is 3.51. The summed E-state index contributed by atoms with van der Waals surface area (Å²) in [6, 6.07) is 3.65. The fraction of sp³-hybridized carbons (Fsp3) is 0.533. The van der Waals surface area contributed by atoms with Crippen LogP contribution in [0.5, 0.6) is 0 Å². The fourth-order valence-electron chi connectivity index (χ4n) is 2.47. The van der Waals surface area contributed by atoms with Gasteiger partial charge in [0.05, 0.1) is 18.6 Å². The summed E-state index contributed by atoms with van der Waals surface area (Å²) in [5.41, 5.74) is 0.577. The van der Waals surface area contributed by atoms with Crippen molar-refractivity contribution < 1.29 is 14.3 Å². The quantitative estimate of drug-likeness (QED) is 0.782. The smallest absolute Gasteiger partial charge is 0.308 e. The minimum atomic E-state index is -0.130. The predicted octanol–water partition coefficient (Wildman–Crippen LogP) is 1.17. The average Bonchev–Trinajstić information content (AvgIpc) is 2.53. The topological polar surface area (TPSA) is 62.7 Å². The summed E-state index contributed by atoms with van der Waals surface area (Å²) in [7, 11) is 4.86. The second-order valence-electron chi connectivity index (χ2n) is 5.39. The van der Waals surface area contributed by atoms with Crippen molar-refractivity contribution in [3.63, 3.8) is 0 Å². The zero-order chi connectivity index (χ0) is 15.4. The maximum Gasteiger partial charge on any atom is 0.308 e. The summed E-state index contributed by atoms with van der Waals surface area (Å²) in [5.74, 6) is 0.641. The summed E-state index contributed by atoms with van der Waals surface area (Å²) >= 11 is 0. The Morgan fingerprint density at radius 1 is 1.29 bits per heavy atom. The van der Waals surface area contributed by atoms with Gasteiger partial charge < -0.3 is 14.5 Å². The van der Waals surface area contributed by atoms with E-state index in [0.717, 1.165) is 31.7 Å². The van der Waals surface area contributed by atoms with Gasteiger partial charge in [-0.2, -0.15) is 0 Å². The van der Waals surface area contributed by atoms with Crippen LogP contribution in [0, 0.1) is 5.92 Å². The molecule has 0 aromatic carbocycles. The van der Waals surface area contributed by atoms with Gasteiger partial charge in [0.15, 0.2) is 0 Å². The molecule has 0 radical (unpaired) electrons. The zero-order valence-electron chi connectivity index (χ0n) is 12.7. The minimum absolute atomic E-state index is 0.0131. The highest BCUT2D eigenvalue weighted by Crippen LogP contribution is 2.22. The Bertz CT molecular complexity index is 505. The van der Waals surface area contributed by atoms with Gasteiger partial charge in [-0.05, 0) is 25.0 Å². The van der Waals surface area contributed by atoms with Gasteiger partial charge in [0.2, 0.25) is 0 Å². The molecule has 6 nitrogen and oxygen atoms in total. The second kappa shape index (κ2) is 6.56. The van der Waals surface area contributed by atoms with Crippen molar-refractivity contribution in [2.24, 2.45) is 5.92 Å². The molecule has 2 rings (SSSR count). The molecule has 114 valence electrons. The Morgan fingerprint density at radius 2 is 1.95 bits per heavy atom. The molecular formula is C15H21N3O3. The molecule has 1 aromatic rings. The monoisotopic (exact) mass is 291 g/mol. The van der Waals surface area contributed by atoms with Gasteiger partial charge in [-0.1, -0.05) is 0 Å². The number of piperidine rings is 1. The molecule has 0 bridgehead atoms. The third-order valence-electron chi connectivity index (χ3n) is 3.75. The van der Waals surface area contributed by atoms with E-state index in [-0.39, 0.29) is 17.8 Å². The highest BCUT2D eigenvalue weighted by molar-refractivity contribution is 5.93. The molecule has 0 unspecified atom stereocenters. The number of nitrogens with zero attached hydrogens (tertiary/aromatic N) is 3. The van der Waals surface area contributed by atoms with Gasteiger partial charge >= 0.3 is 5.97 Å². The normalized spacial score (nSPS) is 15.7. The summed E-state index contributed by atoms with van der Waals surface area (Å²) in [6.45, 7) is 1.54. The van der Waals surface area contributed by atoms with Gasteiger partial charge in [0.25, 0.3) is 5.91 Å². The van der Waals surface area contributed by atoms with E-state index in [9.17, 15) is 9.59 Å². The lowest BCUT2D eigenvalue weighted by atomic mass is 9.97. The zero-order valence-corrected chi connectivity index (χ0v) is 12.7. The van der Waals surface area contributed by atoms with E-state index in [1.807, 2.05) is 6.07 Å². The number of aromatic nitrogens is 1. The fourth-order valence-corrected chi connectivity index (χ4v) is 2.47. The summed E-state index contributed by atoms with van der Waals surface area (Å²) in [4.78, 5) is 31.3. The van der Waals surface area contributed by atoms with Gasteiger partial charge in [0.1, 0.15) is 5.82 Å². The predicted molar refractivity (Wildman–Crippen MR) is 79.2 cm³/mol. The number of hydrogen-bond donors (Lipinski definition) is 0. The van der Waals surface area contributed by atoms with Crippen LogP contribution in [0.2, 0.25) is 0 Å². The minimum Gasteiger partial charge on any atom is -0.469 e. The number of carbonyl (C=O) groups is 2. The van der Waals surface area contributed by atoms with Crippen LogP contribution >= 0.6 is 0 Å². The molecule has 1 aromatic heterocycles. The number of carbonyl (C=O) groups excluding carboxylic acids is 2. The Hall–Kier alpha value is -2.11. The maximum atomic E-state index is 11.8. The summed E-state index contributed by atoms with van der Waals surface area (Å²) < 4.78 is 4.78. The van der Waals surface area contributed by atoms with Gasteiger partial charge in [-0.3, -0.25) is 9.59 Å². The van der Waals surface area contributed by atoms with E-state index < -0.39 is 0 Å². The van der Waals surface area contributed by atoms with Crippen LogP contribution in [0.15, 0.2) is 18.3 Å². The number of rotatable bonds is 3. The van der Waals surface area contributed by atoms with E-state index >= 15 is 0 Å². The van der Waals surface area contributed by atoms with Crippen molar-refractivity contribution in [3.8, 4) is 0 Å². The third-order valence-corrected chi connectivity index (χ3v) is 3.75. The molecule has 0 spiro atoms. The van der Waals surface area contributed by atoms with Crippen molar-refractivity contribution in [3.05, 3.63) is 23.9 Å². The lowest BCUT2D eigenvalue weighted by Crippen LogP contribution is -2.37. The first-order chi connectivity index (χ1) is 10.0. The lowest BCUT2D eigenvalue weighted by Gasteiger charge is -2.31. The van der Waals surface area contributed by atoms with Gasteiger partial charge in [0, 0.05) is 33.4 Å². The molecule has 1 aliphatic heterocycles. The second-order valence-corrected chi connectivity index (χ2v) is 5.39. The van der Waals surface area contributed by atoms with E-state index in [0.29, 0.717) is 5.56 Å². The molecule has 0 N–H and O–H groups in total. The van der Waals surface area contributed by atoms with Gasteiger partial charge in [-0.15, -0.1) is 0 Å². The first-order valence-corrected chi connectivity index (χ1v) is 7.03. The van der Waals surface area contributed by atoms with E-state index in [1.54, 1.807) is 26.4 Å². The molecule has 21 heavy (non-hydrogen) atoms. The number of esters is 1. The van der Waals surface area contributed by atoms with Crippen LogP contribution in [-0.2, 0) is 9.53 Å². The van der Waals surface area contributed by atoms with Crippen LogP contribution in [0.4, 0.5) is 5.82 Å². The summed E-state index contributed by atoms with van der Waals surface area (Å²) in [6.07, 6.45) is 3.14. The molecule has 0 saturated carbocycles. The first-order valence-electron chi connectivity index (χ1n) is 7.03. The summed E-state index contributed by atoms with van der Waals surface area (Å²) in [5, 5.41) is 0. The molecule has 1 amide bonds.